The van der Waals surface area contributed by atoms with Gasteiger partial charge in [-0.3, -0.25) is 10.1 Å². The van der Waals surface area contributed by atoms with Gasteiger partial charge in [0.15, 0.2) is 0 Å². The Morgan fingerprint density at radius 1 is 1.10 bits per heavy atom. The van der Waals surface area contributed by atoms with Gasteiger partial charge >= 0.3 is 0 Å². The van der Waals surface area contributed by atoms with Crippen LogP contribution in [0.25, 0.3) is 0 Å². The summed E-state index contributed by atoms with van der Waals surface area (Å²) in [4.78, 5) is 10.8. The summed E-state index contributed by atoms with van der Waals surface area (Å²) in [6.45, 7) is 3.77. The van der Waals surface area contributed by atoms with Gasteiger partial charge in [-0.25, -0.2) is 0 Å². The number of nitro groups is 1. The lowest BCUT2D eigenvalue weighted by Gasteiger charge is -2.16. The summed E-state index contributed by atoms with van der Waals surface area (Å²) in [5.41, 5.74) is 5.54. The summed E-state index contributed by atoms with van der Waals surface area (Å²) in [6.07, 6.45) is 1.94. The largest absolute Gasteiger partial charge is 0.381 e. The number of nitrogens with one attached hydrogen (secondary N) is 1. The summed E-state index contributed by atoms with van der Waals surface area (Å²) in [5.74, 6) is 0. The third-order valence-corrected chi connectivity index (χ3v) is 4.15. The Labute approximate surface area is 124 Å². The second-order valence-electron chi connectivity index (χ2n) is 5.73. The van der Waals surface area contributed by atoms with Crippen molar-refractivity contribution >= 4 is 11.4 Å². The van der Waals surface area contributed by atoms with E-state index in [2.05, 4.69) is 29.6 Å². The third kappa shape index (κ3) is 2.61. The van der Waals surface area contributed by atoms with Crippen LogP contribution in [0, 0.1) is 24.0 Å². The number of nitrogens with zero attached hydrogens (tertiary/aromatic N) is 1. The van der Waals surface area contributed by atoms with Crippen molar-refractivity contribution in [2.75, 3.05) is 5.32 Å². The van der Waals surface area contributed by atoms with Crippen molar-refractivity contribution in [1.82, 2.24) is 0 Å². The zero-order chi connectivity index (χ0) is 15.0. The fourth-order valence-electron chi connectivity index (χ4n) is 3.07. The Morgan fingerprint density at radius 3 is 2.29 bits per heavy atom. The highest BCUT2D eigenvalue weighted by Gasteiger charge is 2.22. The Bertz CT molecular complexity index is 685. The smallest absolute Gasteiger partial charge is 0.274 e. The summed E-state index contributed by atoms with van der Waals surface area (Å²) in [6, 6.07) is 12.3. The topological polar surface area (TPSA) is 55.2 Å². The van der Waals surface area contributed by atoms with Crippen molar-refractivity contribution in [2.24, 2.45) is 0 Å². The average Bonchev–Trinajstić information content (AvgIpc) is 2.83. The van der Waals surface area contributed by atoms with Crippen LogP contribution in [0.15, 0.2) is 36.4 Å². The normalized spacial score (nSPS) is 14.0. The predicted octanol–water partition coefficient (Wildman–Crippen LogP) is 3.79. The van der Waals surface area contributed by atoms with E-state index in [4.69, 9.17) is 0 Å². The van der Waals surface area contributed by atoms with Crippen molar-refractivity contribution < 1.29 is 4.92 Å². The number of hydrogen-bond donors (Lipinski definition) is 1. The summed E-state index contributed by atoms with van der Waals surface area (Å²) < 4.78 is 0. The lowest BCUT2D eigenvalue weighted by molar-refractivity contribution is -0.385. The van der Waals surface area contributed by atoms with Crippen LogP contribution in [-0.2, 0) is 12.8 Å². The van der Waals surface area contributed by atoms with E-state index in [9.17, 15) is 10.1 Å². The molecule has 0 heterocycles. The number of nitro benzene ring substituents is 1. The molecule has 0 atom stereocenters. The quantitative estimate of drug-likeness (QED) is 0.688. The van der Waals surface area contributed by atoms with Crippen molar-refractivity contribution in [3.8, 4) is 0 Å². The van der Waals surface area contributed by atoms with Gasteiger partial charge in [-0.2, -0.15) is 0 Å². The van der Waals surface area contributed by atoms with Crippen molar-refractivity contribution in [3.63, 3.8) is 0 Å². The van der Waals surface area contributed by atoms with Gasteiger partial charge in [0.1, 0.15) is 0 Å². The van der Waals surface area contributed by atoms with E-state index in [0.29, 0.717) is 11.6 Å². The van der Waals surface area contributed by atoms with E-state index in [1.54, 1.807) is 13.0 Å². The van der Waals surface area contributed by atoms with Crippen LogP contribution >= 0.6 is 0 Å². The SMILES string of the molecule is Cc1cc(C)c([N+](=O)[O-])cc1NC1Cc2ccccc2C1. The van der Waals surface area contributed by atoms with Gasteiger partial charge in [0.2, 0.25) is 0 Å². The first-order valence-corrected chi connectivity index (χ1v) is 7.13. The number of rotatable bonds is 3. The van der Waals surface area contributed by atoms with Crippen LogP contribution in [0.3, 0.4) is 0 Å². The number of aryl methyl sites for hydroxylation is 2. The molecule has 1 N–H and O–H groups in total. The van der Waals surface area contributed by atoms with E-state index < -0.39 is 0 Å². The van der Waals surface area contributed by atoms with Gasteiger partial charge in [0.25, 0.3) is 5.69 Å². The Morgan fingerprint density at radius 2 is 1.71 bits per heavy atom. The van der Waals surface area contributed by atoms with Crippen LogP contribution < -0.4 is 5.32 Å². The molecule has 0 bridgehead atoms. The van der Waals surface area contributed by atoms with Crippen molar-refractivity contribution in [3.05, 3.63) is 68.8 Å². The zero-order valence-corrected chi connectivity index (χ0v) is 12.2. The fourth-order valence-corrected chi connectivity index (χ4v) is 3.07. The molecule has 0 saturated carbocycles. The van der Waals surface area contributed by atoms with Crippen LogP contribution in [0.2, 0.25) is 0 Å². The molecular formula is C17H18N2O2. The molecular weight excluding hydrogens is 264 g/mol. The average molecular weight is 282 g/mol. The van der Waals surface area contributed by atoms with Gasteiger partial charge in [0, 0.05) is 23.4 Å². The minimum Gasteiger partial charge on any atom is -0.381 e. The van der Waals surface area contributed by atoms with Gasteiger partial charge in [-0.15, -0.1) is 0 Å². The summed E-state index contributed by atoms with van der Waals surface area (Å²) in [5, 5.41) is 14.6. The Hall–Kier alpha value is -2.36. The van der Waals surface area contributed by atoms with Crippen LogP contribution in [0.1, 0.15) is 22.3 Å². The number of benzene rings is 2. The van der Waals surface area contributed by atoms with Crippen LogP contribution in [-0.4, -0.2) is 11.0 Å². The molecule has 0 saturated heterocycles. The fraction of sp³-hybridized carbons (Fsp3) is 0.294. The maximum absolute atomic E-state index is 11.1. The standard InChI is InChI=1S/C17H18N2O2/c1-11-7-12(2)17(19(20)21)10-16(11)18-15-8-13-5-3-4-6-14(13)9-15/h3-7,10,15,18H,8-9H2,1-2H3. The molecule has 3 rings (SSSR count). The summed E-state index contributed by atoms with van der Waals surface area (Å²) >= 11 is 0. The van der Waals surface area contributed by atoms with E-state index in [1.165, 1.54) is 11.1 Å². The van der Waals surface area contributed by atoms with Gasteiger partial charge in [0.05, 0.1) is 4.92 Å². The van der Waals surface area contributed by atoms with E-state index >= 15 is 0 Å². The second-order valence-corrected chi connectivity index (χ2v) is 5.73. The summed E-state index contributed by atoms with van der Waals surface area (Å²) in [7, 11) is 0. The molecule has 1 aliphatic rings. The number of anilines is 1. The minimum atomic E-state index is -0.316. The first-order valence-electron chi connectivity index (χ1n) is 7.13. The van der Waals surface area contributed by atoms with E-state index in [1.807, 2.05) is 13.0 Å². The maximum Gasteiger partial charge on any atom is 0.274 e. The molecule has 0 radical (unpaired) electrons. The molecule has 0 unspecified atom stereocenters. The lowest BCUT2D eigenvalue weighted by Crippen LogP contribution is -2.20. The van der Waals surface area contributed by atoms with Crippen LogP contribution in [0.4, 0.5) is 11.4 Å². The molecule has 0 aliphatic heterocycles. The predicted molar refractivity (Wildman–Crippen MR) is 83.8 cm³/mol. The minimum absolute atomic E-state index is 0.179. The first-order chi connectivity index (χ1) is 10.0. The zero-order valence-electron chi connectivity index (χ0n) is 12.2. The highest BCUT2D eigenvalue weighted by atomic mass is 16.6. The Kier molecular flexibility index (Phi) is 3.37. The first kappa shape index (κ1) is 13.6. The molecule has 1 aliphatic carbocycles. The van der Waals surface area contributed by atoms with E-state index in [-0.39, 0.29) is 10.6 Å². The van der Waals surface area contributed by atoms with Crippen LogP contribution in [0.5, 0.6) is 0 Å². The molecule has 0 spiro atoms. The van der Waals surface area contributed by atoms with Crippen molar-refractivity contribution in [1.29, 1.82) is 0 Å². The maximum atomic E-state index is 11.1. The highest BCUT2D eigenvalue weighted by Crippen LogP contribution is 2.29. The molecule has 2 aromatic rings. The molecule has 21 heavy (non-hydrogen) atoms. The third-order valence-electron chi connectivity index (χ3n) is 4.15. The molecule has 108 valence electrons. The van der Waals surface area contributed by atoms with Gasteiger partial charge in [-0.05, 0) is 49.4 Å². The van der Waals surface area contributed by atoms with E-state index in [0.717, 1.165) is 24.1 Å². The second kappa shape index (κ2) is 5.20. The number of fused-ring (bicyclic) bond motifs is 1. The van der Waals surface area contributed by atoms with Gasteiger partial charge in [-0.1, -0.05) is 24.3 Å². The monoisotopic (exact) mass is 282 g/mol. The number of hydrogen-bond acceptors (Lipinski definition) is 3. The molecule has 0 aromatic heterocycles. The molecule has 0 fully saturated rings. The molecule has 4 nitrogen and oxygen atoms in total. The Balaban J connectivity index is 1.83. The highest BCUT2D eigenvalue weighted by molar-refractivity contribution is 5.61. The molecule has 2 aromatic carbocycles. The van der Waals surface area contributed by atoms with Crippen molar-refractivity contribution in [2.45, 2.75) is 32.7 Å². The van der Waals surface area contributed by atoms with Gasteiger partial charge < -0.3 is 5.32 Å². The molecule has 0 amide bonds. The lowest BCUT2D eigenvalue weighted by atomic mass is 10.1. The molecule has 4 heteroatoms.